The first-order chi connectivity index (χ1) is 14.8. The van der Waals surface area contributed by atoms with Crippen LogP contribution in [-0.2, 0) is 11.2 Å². The molecule has 3 rings (SSSR count). The quantitative estimate of drug-likeness (QED) is 0.310. The second-order valence-corrected chi connectivity index (χ2v) is 7.38. The third-order valence-electron chi connectivity index (χ3n) is 5.24. The van der Waals surface area contributed by atoms with Crippen molar-refractivity contribution in [2.24, 2.45) is 4.99 Å². The van der Waals surface area contributed by atoms with E-state index in [1.165, 1.54) is 11.3 Å². The number of guanidine groups is 1. The largest absolute Gasteiger partial charge is 0.368 e. The van der Waals surface area contributed by atoms with Gasteiger partial charge in [0, 0.05) is 51.4 Å². The molecule has 2 aromatic rings. The number of nitrogens with zero attached hydrogens (tertiary/aromatic N) is 3. The van der Waals surface area contributed by atoms with Crippen LogP contribution in [0.4, 0.5) is 5.69 Å². The zero-order valence-corrected chi connectivity index (χ0v) is 20.6. The summed E-state index contributed by atoms with van der Waals surface area (Å²) in [5.41, 5.74) is 2.52. The first-order valence-corrected chi connectivity index (χ1v) is 10.9. The maximum atomic E-state index is 12.6. The van der Waals surface area contributed by atoms with Crippen LogP contribution in [0.3, 0.4) is 0 Å². The van der Waals surface area contributed by atoms with Gasteiger partial charge in [0.2, 0.25) is 5.91 Å². The van der Waals surface area contributed by atoms with E-state index in [2.05, 4.69) is 69.1 Å². The highest BCUT2D eigenvalue weighted by Gasteiger charge is 2.20. The number of aliphatic imine (C=N–C) groups is 1. The summed E-state index contributed by atoms with van der Waals surface area (Å²) in [5, 5.41) is 6.61. The van der Waals surface area contributed by atoms with E-state index in [4.69, 9.17) is 0 Å². The molecule has 168 valence electrons. The molecule has 7 heteroatoms. The third-order valence-corrected chi connectivity index (χ3v) is 5.24. The van der Waals surface area contributed by atoms with Gasteiger partial charge < -0.3 is 20.4 Å². The summed E-state index contributed by atoms with van der Waals surface area (Å²) in [6.07, 6.45) is 1.39. The van der Waals surface area contributed by atoms with E-state index in [1.54, 1.807) is 0 Å². The molecule has 0 unspecified atom stereocenters. The molecule has 0 atom stereocenters. The van der Waals surface area contributed by atoms with E-state index < -0.39 is 0 Å². The van der Waals surface area contributed by atoms with Gasteiger partial charge in [-0.2, -0.15) is 0 Å². The van der Waals surface area contributed by atoms with Gasteiger partial charge in [0.25, 0.3) is 0 Å². The van der Waals surface area contributed by atoms with E-state index in [-0.39, 0.29) is 29.9 Å². The average molecular weight is 535 g/mol. The number of hydrogen-bond acceptors (Lipinski definition) is 3. The number of piperazine rings is 1. The van der Waals surface area contributed by atoms with Crippen molar-refractivity contribution >= 4 is 41.5 Å². The lowest BCUT2D eigenvalue weighted by molar-refractivity contribution is -0.131. The van der Waals surface area contributed by atoms with Crippen LogP contribution in [0.25, 0.3) is 0 Å². The number of para-hydroxylation sites is 1. The second kappa shape index (κ2) is 13.9. The van der Waals surface area contributed by atoms with Gasteiger partial charge in [0.05, 0.1) is 6.54 Å². The summed E-state index contributed by atoms with van der Waals surface area (Å²) in [6.45, 7) is 7.45. The summed E-state index contributed by atoms with van der Waals surface area (Å²) in [7, 11) is 0. The Labute approximate surface area is 203 Å². The fourth-order valence-corrected chi connectivity index (χ4v) is 3.59. The van der Waals surface area contributed by atoms with E-state index in [0.29, 0.717) is 13.0 Å². The summed E-state index contributed by atoms with van der Waals surface area (Å²) in [6, 6.07) is 20.8. The van der Waals surface area contributed by atoms with Gasteiger partial charge in [-0.1, -0.05) is 48.5 Å². The Bertz CT molecular complexity index is 792. The number of carbonyl (C=O) groups excluding carboxylic acids is 1. The van der Waals surface area contributed by atoms with Crippen LogP contribution in [0.1, 0.15) is 18.9 Å². The number of halogens is 1. The zero-order chi connectivity index (χ0) is 21.0. The minimum atomic E-state index is 0. The number of hydrogen-bond donors (Lipinski definition) is 2. The molecule has 0 bridgehead atoms. The van der Waals surface area contributed by atoms with Crippen molar-refractivity contribution in [2.75, 3.05) is 50.7 Å². The molecule has 0 aliphatic carbocycles. The molecule has 31 heavy (non-hydrogen) atoms. The van der Waals surface area contributed by atoms with Crippen molar-refractivity contribution in [1.82, 2.24) is 15.5 Å². The van der Waals surface area contributed by atoms with Crippen LogP contribution in [0.5, 0.6) is 0 Å². The lowest BCUT2D eigenvalue weighted by Gasteiger charge is -2.36. The maximum absolute atomic E-state index is 12.6. The molecule has 0 spiro atoms. The average Bonchev–Trinajstić information content (AvgIpc) is 2.80. The van der Waals surface area contributed by atoms with Gasteiger partial charge in [-0.3, -0.25) is 9.79 Å². The molecule has 1 amide bonds. The SMILES string of the molecule is CCNC(=NCCC(=O)N1CCN(c2ccccc2)CC1)NCCc1ccccc1.I. The molecule has 2 aromatic carbocycles. The monoisotopic (exact) mass is 535 g/mol. The molecular weight excluding hydrogens is 501 g/mol. The number of carbonyl (C=O) groups is 1. The normalized spacial score (nSPS) is 14.0. The molecule has 1 saturated heterocycles. The van der Waals surface area contributed by atoms with Crippen molar-refractivity contribution in [2.45, 2.75) is 19.8 Å². The van der Waals surface area contributed by atoms with Crippen LogP contribution >= 0.6 is 24.0 Å². The van der Waals surface area contributed by atoms with Gasteiger partial charge >= 0.3 is 0 Å². The molecule has 0 radical (unpaired) electrons. The van der Waals surface area contributed by atoms with Gasteiger partial charge in [-0.05, 0) is 31.0 Å². The Hall–Kier alpha value is -2.29. The van der Waals surface area contributed by atoms with Crippen molar-refractivity contribution in [3.63, 3.8) is 0 Å². The molecular formula is C24H34IN5O. The predicted molar refractivity (Wildman–Crippen MR) is 139 cm³/mol. The van der Waals surface area contributed by atoms with Gasteiger partial charge in [-0.15, -0.1) is 24.0 Å². The minimum Gasteiger partial charge on any atom is -0.368 e. The van der Waals surface area contributed by atoms with Crippen LogP contribution in [0, 0.1) is 0 Å². The molecule has 1 heterocycles. The fourth-order valence-electron chi connectivity index (χ4n) is 3.59. The molecule has 2 N–H and O–H groups in total. The van der Waals surface area contributed by atoms with E-state index in [0.717, 1.165) is 51.6 Å². The van der Waals surface area contributed by atoms with Crippen molar-refractivity contribution in [1.29, 1.82) is 0 Å². The number of anilines is 1. The molecule has 1 fully saturated rings. The maximum Gasteiger partial charge on any atom is 0.224 e. The highest BCUT2D eigenvalue weighted by Crippen LogP contribution is 2.15. The Morgan fingerprint density at radius 1 is 0.935 bits per heavy atom. The Morgan fingerprint density at radius 3 is 2.23 bits per heavy atom. The van der Waals surface area contributed by atoms with Crippen molar-refractivity contribution in [3.8, 4) is 0 Å². The van der Waals surface area contributed by atoms with E-state index in [9.17, 15) is 4.79 Å². The predicted octanol–water partition coefficient (Wildman–Crippen LogP) is 3.14. The lowest BCUT2D eigenvalue weighted by Crippen LogP contribution is -2.49. The summed E-state index contributed by atoms with van der Waals surface area (Å²) in [4.78, 5) is 21.5. The van der Waals surface area contributed by atoms with Crippen LogP contribution in [0.2, 0.25) is 0 Å². The number of benzene rings is 2. The fraction of sp³-hybridized carbons (Fsp3) is 0.417. The third kappa shape index (κ3) is 8.40. The summed E-state index contributed by atoms with van der Waals surface area (Å²) < 4.78 is 0. The Morgan fingerprint density at radius 2 is 1.58 bits per heavy atom. The first kappa shape index (κ1) is 25.0. The Balaban J connectivity index is 0.00000341. The van der Waals surface area contributed by atoms with Crippen LogP contribution < -0.4 is 15.5 Å². The molecule has 6 nitrogen and oxygen atoms in total. The minimum absolute atomic E-state index is 0. The highest BCUT2D eigenvalue weighted by molar-refractivity contribution is 14.0. The molecule has 1 aliphatic heterocycles. The molecule has 1 aliphatic rings. The number of nitrogens with one attached hydrogen (secondary N) is 2. The summed E-state index contributed by atoms with van der Waals surface area (Å²) >= 11 is 0. The first-order valence-electron chi connectivity index (χ1n) is 10.9. The van der Waals surface area contributed by atoms with Gasteiger partial charge in [-0.25, -0.2) is 0 Å². The van der Waals surface area contributed by atoms with E-state index >= 15 is 0 Å². The van der Waals surface area contributed by atoms with E-state index in [1.807, 2.05) is 24.0 Å². The van der Waals surface area contributed by atoms with Crippen LogP contribution in [-0.4, -0.2) is 62.6 Å². The smallest absolute Gasteiger partial charge is 0.224 e. The number of amides is 1. The number of rotatable bonds is 8. The van der Waals surface area contributed by atoms with Gasteiger partial charge in [0.1, 0.15) is 0 Å². The van der Waals surface area contributed by atoms with Gasteiger partial charge in [0.15, 0.2) is 5.96 Å². The second-order valence-electron chi connectivity index (χ2n) is 7.38. The van der Waals surface area contributed by atoms with Crippen LogP contribution in [0.15, 0.2) is 65.7 Å². The summed E-state index contributed by atoms with van der Waals surface area (Å²) in [5.74, 6) is 0.960. The van der Waals surface area contributed by atoms with Crippen molar-refractivity contribution in [3.05, 3.63) is 66.2 Å². The standard InChI is InChI=1S/C24H33N5O.HI/c1-2-25-24(26-15-13-21-9-5-3-6-10-21)27-16-14-23(30)29-19-17-28(18-20-29)22-11-7-4-8-12-22;/h3-12H,2,13-20H2,1H3,(H2,25,26,27);1H. The lowest BCUT2D eigenvalue weighted by atomic mass is 10.1. The Kier molecular flexibility index (Phi) is 11.2. The van der Waals surface area contributed by atoms with Crippen molar-refractivity contribution < 1.29 is 4.79 Å². The molecule has 0 saturated carbocycles. The molecule has 0 aromatic heterocycles. The zero-order valence-electron chi connectivity index (χ0n) is 18.3. The topological polar surface area (TPSA) is 60.0 Å². The highest BCUT2D eigenvalue weighted by atomic mass is 127.